The van der Waals surface area contributed by atoms with Crippen molar-refractivity contribution in [2.24, 2.45) is 0 Å². The Morgan fingerprint density at radius 3 is 2.10 bits per heavy atom. The van der Waals surface area contributed by atoms with E-state index in [1.165, 1.54) is 0 Å². The molecule has 0 bridgehead atoms. The van der Waals surface area contributed by atoms with Gasteiger partial charge in [-0.3, -0.25) is 4.57 Å². The molecular weight excluding hydrogens is 928 g/mol. The molecular formula is C55H52N4OPt-2. The molecule has 0 unspecified atom stereocenters. The molecule has 9 rings (SSSR count). The molecule has 61 heavy (non-hydrogen) atoms. The zero-order chi connectivity index (χ0) is 49.0. The van der Waals surface area contributed by atoms with Crippen molar-refractivity contribution < 1.29 is 41.3 Å². The zero-order valence-electron chi connectivity index (χ0n) is 43.8. The number of aryl methyl sites for hydroxylation is 1. The number of ether oxygens (including phenoxy) is 1. The Labute approximate surface area is 386 Å². The van der Waals surface area contributed by atoms with Crippen molar-refractivity contribution in [3.8, 4) is 39.8 Å². The third-order valence-corrected chi connectivity index (χ3v) is 11.0. The third kappa shape index (κ3) is 7.86. The summed E-state index contributed by atoms with van der Waals surface area (Å²) in [6.07, 6.45) is 5.45. The summed E-state index contributed by atoms with van der Waals surface area (Å²) >= 11 is 0. The minimum Gasteiger partial charge on any atom is -0.510 e. The van der Waals surface area contributed by atoms with Crippen LogP contribution in [-0.2, 0) is 37.3 Å². The summed E-state index contributed by atoms with van der Waals surface area (Å²) < 4.78 is 80.7. The van der Waals surface area contributed by atoms with Gasteiger partial charge in [0.25, 0.3) is 6.33 Å². The minimum atomic E-state index is -2.36. The van der Waals surface area contributed by atoms with Crippen LogP contribution in [0, 0.1) is 25.3 Å². The van der Waals surface area contributed by atoms with Crippen LogP contribution in [0.2, 0.25) is 0 Å². The van der Waals surface area contributed by atoms with E-state index in [-0.39, 0.29) is 49.7 Å². The fraction of sp³-hybridized carbons (Fsp3) is 0.236. The van der Waals surface area contributed by atoms with Crippen molar-refractivity contribution in [2.45, 2.75) is 85.4 Å². The predicted molar refractivity (Wildman–Crippen MR) is 246 cm³/mol. The molecule has 0 atom stereocenters. The molecule has 9 aromatic rings. The van der Waals surface area contributed by atoms with Crippen LogP contribution in [0.25, 0.3) is 61.2 Å². The van der Waals surface area contributed by atoms with Gasteiger partial charge in [0.1, 0.15) is 5.82 Å². The van der Waals surface area contributed by atoms with Gasteiger partial charge >= 0.3 is 0 Å². The average Bonchev–Trinajstić information content (AvgIpc) is 3.82. The van der Waals surface area contributed by atoms with E-state index in [9.17, 15) is 0 Å². The van der Waals surface area contributed by atoms with E-state index in [0.717, 1.165) is 50.0 Å². The maximum Gasteiger partial charge on any atom is 0.268 e. The SMILES string of the molecule is [2H]c1c([2H])c([2H])c(-c2ccc3c(c2)n(-c2[c-]c(Oc4[c-]c5c(cc4)c4ccccc4n5-c4cc(C(C)(C)C)ccn4)ccc2)[c-][n+]3-c2c(C(C)(C)C)cc(C([2H])([2H])[2H])cc2C(C)(C)C)c([2H])c1[2H].[Pt]. The largest absolute Gasteiger partial charge is 0.510 e. The van der Waals surface area contributed by atoms with E-state index in [1.807, 2.05) is 69.9 Å². The standard InChI is InChI=1S/C55H52N4O.Pt/c1-36-29-45(54(5,6)7)52(46(30-36)55(8,9)10)58-35-57(50-31-38(23-26-48(50)58)37-17-12-11-13-18-37)40-19-16-20-41(33-40)60-42-24-25-44-43-21-14-15-22-47(43)59(49(44)34-42)51-32-39(27-28-56-51)53(2,3)4;/h11-32H,1-10H3;/q-2;/i1D3,11D,12D,13D,17D,18D;. The first-order valence-corrected chi connectivity index (χ1v) is 20.2. The minimum absolute atomic E-state index is 0. The number of imidazole rings is 1. The first-order valence-electron chi connectivity index (χ1n) is 24.2. The second kappa shape index (κ2) is 15.6. The molecule has 5 nitrogen and oxygen atoms in total. The molecule has 0 spiro atoms. The van der Waals surface area contributed by atoms with Crippen molar-refractivity contribution >= 4 is 32.8 Å². The molecule has 0 amide bonds. The summed E-state index contributed by atoms with van der Waals surface area (Å²) in [4.78, 5) is 4.82. The first-order chi connectivity index (χ1) is 31.8. The van der Waals surface area contributed by atoms with E-state index in [2.05, 4.69) is 104 Å². The number of rotatable bonds is 6. The predicted octanol–water partition coefficient (Wildman–Crippen LogP) is 13.5. The van der Waals surface area contributed by atoms with Crippen molar-refractivity contribution in [1.82, 2.24) is 14.1 Å². The van der Waals surface area contributed by atoms with Crippen LogP contribution in [0.3, 0.4) is 0 Å². The van der Waals surface area contributed by atoms with Gasteiger partial charge < -0.3 is 13.9 Å². The van der Waals surface area contributed by atoms with Crippen LogP contribution < -0.4 is 9.30 Å². The molecule has 310 valence electrons. The van der Waals surface area contributed by atoms with Crippen LogP contribution in [0.4, 0.5) is 0 Å². The second-order valence-electron chi connectivity index (χ2n) is 18.5. The van der Waals surface area contributed by atoms with Gasteiger partial charge in [-0.2, -0.15) is 18.2 Å². The van der Waals surface area contributed by atoms with Crippen LogP contribution in [-0.4, -0.2) is 14.1 Å². The molecule has 0 saturated heterocycles. The molecule has 6 heteroatoms. The number of nitrogens with zero attached hydrogens (tertiary/aromatic N) is 4. The molecule has 0 N–H and O–H groups in total. The van der Waals surface area contributed by atoms with Gasteiger partial charge in [0, 0.05) is 48.4 Å². The maximum absolute atomic E-state index is 8.85. The van der Waals surface area contributed by atoms with E-state index in [0.29, 0.717) is 33.8 Å². The topological polar surface area (TPSA) is 35.9 Å². The first kappa shape index (κ1) is 32.9. The fourth-order valence-corrected chi connectivity index (χ4v) is 7.95. The summed E-state index contributed by atoms with van der Waals surface area (Å²) in [5, 5.41) is 2.06. The van der Waals surface area contributed by atoms with Crippen molar-refractivity contribution in [3.05, 3.63) is 174 Å². The number of hydrogen-bond donors (Lipinski definition) is 0. The summed E-state index contributed by atoms with van der Waals surface area (Å²) in [7, 11) is 0. The number of benzene rings is 6. The molecule has 0 aliphatic heterocycles. The number of para-hydroxylation sites is 1. The summed E-state index contributed by atoms with van der Waals surface area (Å²) in [6, 6.07) is 35.8. The van der Waals surface area contributed by atoms with E-state index in [1.54, 1.807) is 24.3 Å². The average molecular weight is 988 g/mol. The Morgan fingerprint density at radius 1 is 0.672 bits per heavy atom. The molecule has 0 radical (unpaired) electrons. The maximum atomic E-state index is 8.85. The Balaban J connectivity index is 0.00000642. The Morgan fingerprint density at radius 2 is 1.39 bits per heavy atom. The van der Waals surface area contributed by atoms with Gasteiger partial charge in [-0.1, -0.05) is 146 Å². The van der Waals surface area contributed by atoms with Gasteiger partial charge in [0.2, 0.25) is 0 Å². The van der Waals surface area contributed by atoms with Crippen LogP contribution in [0.15, 0.2) is 133 Å². The van der Waals surface area contributed by atoms with Gasteiger partial charge in [0.05, 0.1) is 23.6 Å². The van der Waals surface area contributed by atoms with E-state index in [4.69, 9.17) is 20.7 Å². The Kier molecular flexibility index (Phi) is 8.42. The second-order valence-corrected chi connectivity index (χ2v) is 18.5. The zero-order valence-corrected chi connectivity index (χ0v) is 38.1. The third-order valence-electron chi connectivity index (χ3n) is 11.0. The van der Waals surface area contributed by atoms with Crippen LogP contribution in [0.5, 0.6) is 11.5 Å². The van der Waals surface area contributed by atoms with Gasteiger partial charge in [-0.05, 0) is 86.3 Å². The van der Waals surface area contributed by atoms with Gasteiger partial charge in [-0.25, -0.2) is 4.98 Å². The molecule has 3 heterocycles. The van der Waals surface area contributed by atoms with Crippen LogP contribution >= 0.6 is 0 Å². The molecule has 3 aromatic heterocycles. The van der Waals surface area contributed by atoms with Crippen molar-refractivity contribution in [2.75, 3.05) is 0 Å². The molecule has 0 aliphatic rings. The van der Waals surface area contributed by atoms with Crippen molar-refractivity contribution in [1.29, 1.82) is 0 Å². The Bertz CT molecular complexity index is 3430. The molecule has 6 aromatic carbocycles. The quantitative estimate of drug-likeness (QED) is 0.123. The summed E-state index contributed by atoms with van der Waals surface area (Å²) in [6.45, 7) is 16.5. The van der Waals surface area contributed by atoms with Crippen molar-refractivity contribution in [3.63, 3.8) is 0 Å². The molecule has 0 aliphatic carbocycles. The van der Waals surface area contributed by atoms with Gasteiger partial charge in [-0.15, -0.1) is 29.7 Å². The van der Waals surface area contributed by atoms with E-state index >= 15 is 0 Å². The van der Waals surface area contributed by atoms with Crippen LogP contribution in [0.1, 0.15) is 95.5 Å². The normalized spacial score (nSPS) is 14.4. The number of hydrogen-bond acceptors (Lipinski definition) is 2. The fourth-order valence-electron chi connectivity index (χ4n) is 7.95. The summed E-state index contributed by atoms with van der Waals surface area (Å²) in [5.74, 6) is 1.62. The monoisotopic (exact) mass is 987 g/mol. The number of pyridine rings is 1. The number of fused-ring (bicyclic) bond motifs is 4. The Hall–Kier alpha value is -5.77. The molecule has 0 fully saturated rings. The van der Waals surface area contributed by atoms with E-state index < -0.39 is 35.8 Å². The van der Waals surface area contributed by atoms with Gasteiger partial charge in [0.15, 0.2) is 0 Å². The smallest absolute Gasteiger partial charge is 0.268 e. The molecule has 0 saturated carbocycles. The number of aromatic nitrogens is 4. The summed E-state index contributed by atoms with van der Waals surface area (Å²) in [5.41, 5.74) is 6.71.